The first-order valence-electron chi connectivity index (χ1n) is 12.4. The number of benzene rings is 2. The number of nitrogens with zero attached hydrogens (tertiary/aromatic N) is 2. The number of anilines is 1. The van der Waals surface area contributed by atoms with Crippen molar-refractivity contribution in [2.24, 2.45) is 0 Å². The summed E-state index contributed by atoms with van der Waals surface area (Å²) in [6.45, 7) is 6.68. The standard InChI is InChI=1S/C26H33Cl2N3O6S/c1-5-17(4)29-26(33)22(6-2)30(14-18-8-10-20(27)21(28)12-18)25(32)15-31(38(34,35)7-3)19-9-11-23-24(13-19)37-16-36-23/h8-13,17,22H,5-7,14-16H2,1-4H3,(H,29,33). The molecule has 38 heavy (non-hydrogen) atoms. The van der Waals surface area contributed by atoms with Gasteiger partial charge in [-0.3, -0.25) is 13.9 Å². The number of nitrogens with one attached hydrogen (secondary N) is 1. The lowest BCUT2D eigenvalue weighted by atomic mass is 10.1. The number of carbonyl (C=O) groups excluding carboxylic acids is 2. The largest absolute Gasteiger partial charge is 0.454 e. The fourth-order valence-corrected chi connectivity index (χ4v) is 5.33. The van der Waals surface area contributed by atoms with Crippen LogP contribution in [-0.4, -0.2) is 56.3 Å². The van der Waals surface area contributed by atoms with Crippen molar-refractivity contribution in [2.75, 3.05) is 23.4 Å². The molecule has 2 aromatic carbocycles. The number of halogens is 2. The molecule has 1 heterocycles. The number of hydrogen-bond acceptors (Lipinski definition) is 6. The molecule has 0 aliphatic carbocycles. The van der Waals surface area contributed by atoms with Gasteiger partial charge < -0.3 is 19.7 Å². The zero-order valence-corrected chi connectivity index (χ0v) is 24.2. The van der Waals surface area contributed by atoms with Crippen molar-refractivity contribution < 1.29 is 27.5 Å². The van der Waals surface area contributed by atoms with Crippen molar-refractivity contribution in [3.8, 4) is 11.5 Å². The lowest BCUT2D eigenvalue weighted by molar-refractivity contribution is -0.140. The molecule has 2 amide bonds. The predicted molar refractivity (Wildman–Crippen MR) is 148 cm³/mol. The first kappa shape index (κ1) is 29.9. The molecule has 0 spiro atoms. The fraction of sp³-hybridized carbons (Fsp3) is 0.462. The molecule has 9 nitrogen and oxygen atoms in total. The van der Waals surface area contributed by atoms with E-state index in [1.807, 2.05) is 13.8 Å². The molecule has 1 aliphatic rings. The molecule has 0 fully saturated rings. The molecular formula is C26H33Cl2N3O6S. The zero-order valence-electron chi connectivity index (χ0n) is 21.9. The average molecular weight is 587 g/mol. The molecule has 0 saturated carbocycles. The van der Waals surface area contributed by atoms with Crippen LogP contribution in [0.15, 0.2) is 36.4 Å². The Kier molecular flexibility index (Phi) is 10.1. The van der Waals surface area contributed by atoms with E-state index in [9.17, 15) is 18.0 Å². The van der Waals surface area contributed by atoms with Crippen LogP contribution in [0.3, 0.4) is 0 Å². The van der Waals surface area contributed by atoms with Gasteiger partial charge in [0.1, 0.15) is 12.6 Å². The van der Waals surface area contributed by atoms with E-state index in [4.69, 9.17) is 32.7 Å². The summed E-state index contributed by atoms with van der Waals surface area (Å²) in [7, 11) is -3.87. The van der Waals surface area contributed by atoms with Crippen LogP contribution < -0.4 is 19.1 Å². The van der Waals surface area contributed by atoms with Crippen LogP contribution in [-0.2, 0) is 26.2 Å². The van der Waals surface area contributed by atoms with Gasteiger partial charge in [0.25, 0.3) is 0 Å². The number of amides is 2. The van der Waals surface area contributed by atoms with Crippen LogP contribution in [0.2, 0.25) is 10.0 Å². The molecule has 0 aromatic heterocycles. The molecule has 2 atom stereocenters. The van der Waals surface area contributed by atoms with E-state index in [0.717, 1.165) is 10.7 Å². The van der Waals surface area contributed by atoms with Crippen molar-refractivity contribution in [1.82, 2.24) is 10.2 Å². The maximum absolute atomic E-state index is 13.9. The minimum atomic E-state index is -3.87. The number of hydrogen-bond donors (Lipinski definition) is 1. The van der Waals surface area contributed by atoms with Gasteiger partial charge in [-0.05, 0) is 56.5 Å². The van der Waals surface area contributed by atoms with Crippen LogP contribution in [0.25, 0.3) is 0 Å². The molecule has 0 bridgehead atoms. The Morgan fingerprint density at radius 1 is 1.00 bits per heavy atom. The number of sulfonamides is 1. The van der Waals surface area contributed by atoms with Gasteiger partial charge in [-0.25, -0.2) is 8.42 Å². The normalized spacial score (nSPS) is 14.1. The Labute approximate surface area is 234 Å². The number of ether oxygens (including phenoxy) is 2. The van der Waals surface area contributed by atoms with Gasteiger partial charge in [0, 0.05) is 18.7 Å². The van der Waals surface area contributed by atoms with E-state index in [-0.39, 0.29) is 36.7 Å². The highest BCUT2D eigenvalue weighted by atomic mass is 35.5. The first-order chi connectivity index (χ1) is 18.0. The zero-order chi connectivity index (χ0) is 28.0. The molecule has 0 saturated heterocycles. The maximum Gasteiger partial charge on any atom is 0.244 e. The highest BCUT2D eigenvalue weighted by Crippen LogP contribution is 2.36. The Morgan fingerprint density at radius 2 is 1.71 bits per heavy atom. The van der Waals surface area contributed by atoms with E-state index in [0.29, 0.717) is 33.5 Å². The van der Waals surface area contributed by atoms with Gasteiger partial charge in [-0.1, -0.05) is 43.1 Å². The Bertz CT molecular complexity index is 1270. The van der Waals surface area contributed by atoms with E-state index in [1.165, 1.54) is 17.9 Å². The van der Waals surface area contributed by atoms with Crippen molar-refractivity contribution in [3.05, 3.63) is 52.0 Å². The highest BCUT2D eigenvalue weighted by molar-refractivity contribution is 7.92. The summed E-state index contributed by atoms with van der Waals surface area (Å²) < 4.78 is 38.0. The van der Waals surface area contributed by atoms with Crippen LogP contribution >= 0.6 is 23.2 Å². The van der Waals surface area contributed by atoms with Crippen LogP contribution in [0.1, 0.15) is 46.1 Å². The van der Waals surface area contributed by atoms with Gasteiger partial charge in [0.05, 0.1) is 21.5 Å². The topological polar surface area (TPSA) is 105 Å². The van der Waals surface area contributed by atoms with E-state index in [2.05, 4.69) is 5.32 Å². The molecule has 208 valence electrons. The lowest BCUT2D eigenvalue weighted by Crippen LogP contribution is -2.53. The quantitative estimate of drug-likeness (QED) is 0.390. The van der Waals surface area contributed by atoms with Crippen LogP contribution in [0, 0.1) is 0 Å². The highest BCUT2D eigenvalue weighted by Gasteiger charge is 2.33. The smallest absolute Gasteiger partial charge is 0.244 e. The number of rotatable bonds is 12. The fourth-order valence-electron chi connectivity index (χ4n) is 3.96. The second-order valence-corrected chi connectivity index (χ2v) is 12.0. The average Bonchev–Trinajstić information content (AvgIpc) is 3.36. The molecule has 2 unspecified atom stereocenters. The van der Waals surface area contributed by atoms with Crippen molar-refractivity contribution in [3.63, 3.8) is 0 Å². The SMILES string of the molecule is CCC(C)NC(=O)C(CC)N(Cc1ccc(Cl)c(Cl)c1)C(=O)CN(c1ccc2c(c1)OCO2)S(=O)(=O)CC. The third kappa shape index (κ3) is 7.03. The van der Waals surface area contributed by atoms with Crippen LogP contribution in [0.5, 0.6) is 11.5 Å². The summed E-state index contributed by atoms with van der Waals surface area (Å²) in [5.41, 5.74) is 0.909. The minimum absolute atomic E-state index is 0.0269. The summed E-state index contributed by atoms with van der Waals surface area (Å²) in [4.78, 5) is 28.5. The third-order valence-corrected chi connectivity index (χ3v) is 8.83. The minimum Gasteiger partial charge on any atom is -0.454 e. The summed E-state index contributed by atoms with van der Waals surface area (Å²) in [5, 5.41) is 3.60. The van der Waals surface area contributed by atoms with Crippen molar-refractivity contribution in [1.29, 1.82) is 0 Å². The van der Waals surface area contributed by atoms with Crippen molar-refractivity contribution in [2.45, 2.75) is 59.2 Å². The third-order valence-electron chi connectivity index (χ3n) is 6.35. The van der Waals surface area contributed by atoms with Crippen molar-refractivity contribution >= 4 is 50.7 Å². The molecule has 1 N–H and O–H groups in total. The van der Waals surface area contributed by atoms with Gasteiger partial charge in [-0.2, -0.15) is 0 Å². The Hall–Kier alpha value is -2.69. The van der Waals surface area contributed by atoms with E-state index < -0.39 is 28.5 Å². The van der Waals surface area contributed by atoms with Gasteiger partial charge in [0.2, 0.25) is 28.6 Å². The predicted octanol–water partition coefficient (Wildman–Crippen LogP) is 4.60. The first-order valence-corrected chi connectivity index (χ1v) is 14.8. The molecule has 3 rings (SSSR count). The Balaban J connectivity index is 1.99. The van der Waals surface area contributed by atoms with Gasteiger partial charge in [-0.15, -0.1) is 0 Å². The summed E-state index contributed by atoms with van der Waals surface area (Å²) in [6.07, 6.45) is 1.04. The monoisotopic (exact) mass is 585 g/mol. The number of fused-ring (bicyclic) bond motifs is 1. The molecule has 1 aliphatic heterocycles. The molecule has 2 aromatic rings. The maximum atomic E-state index is 13.9. The summed E-state index contributed by atoms with van der Waals surface area (Å²) in [6, 6.07) is 8.71. The summed E-state index contributed by atoms with van der Waals surface area (Å²) >= 11 is 12.3. The van der Waals surface area contributed by atoms with Crippen LogP contribution in [0.4, 0.5) is 5.69 Å². The summed E-state index contributed by atoms with van der Waals surface area (Å²) in [5.74, 6) is -0.214. The number of carbonyl (C=O) groups is 2. The van der Waals surface area contributed by atoms with Gasteiger partial charge in [0.15, 0.2) is 11.5 Å². The second-order valence-electron chi connectivity index (χ2n) is 8.96. The van der Waals surface area contributed by atoms with E-state index >= 15 is 0 Å². The Morgan fingerprint density at radius 3 is 2.34 bits per heavy atom. The molecule has 0 radical (unpaired) electrons. The second kappa shape index (κ2) is 12.9. The molecule has 12 heteroatoms. The lowest BCUT2D eigenvalue weighted by Gasteiger charge is -2.33. The molecular weight excluding hydrogens is 553 g/mol. The van der Waals surface area contributed by atoms with Gasteiger partial charge >= 0.3 is 0 Å². The van der Waals surface area contributed by atoms with E-state index in [1.54, 1.807) is 37.3 Å².